The highest BCUT2D eigenvalue weighted by molar-refractivity contribution is 5.72. The number of pyridine rings is 1. The molecule has 0 spiro atoms. The predicted molar refractivity (Wildman–Crippen MR) is 70.8 cm³/mol. The molecule has 0 atom stereocenters. The van der Waals surface area contributed by atoms with E-state index >= 15 is 0 Å². The van der Waals surface area contributed by atoms with E-state index in [2.05, 4.69) is 20.3 Å². The van der Waals surface area contributed by atoms with Crippen molar-refractivity contribution in [2.75, 3.05) is 11.9 Å². The van der Waals surface area contributed by atoms with Gasteiger partial charge in [0.25, 0.3) is 0 Å². The van der Waals surface area contributed by atoms with Crippen molar-refractivity contribution in [1.82, 2.24) is 15.0 Å². The molecular weight excluding hydrogens is 265 g/mol. The van der Waals surface area contributed by atoms with Gasteiger partial charge in [-0.3, -0.25) is 15.1 Å². The molecule has 0 aromatic carbocycles. The van der Waals surface area contributed by atoms with Crippen molar-refractivity contribution in [3.8, 4) is 11.3 Å². The number of nitrogens with zero attached hydrogens (tertiary/aromatic N) is 4. The number of nitrogens with one attached hydrogen (secondary N) is 1. The van der Waals surface area contributed by atoms with E-state index < -0.39 is 10.7 Å². The predicted octanol–water partition coefficient (Wildman–Crippen LogP) is 2.33. The molecule has 2 aromatic rings. The largest absolute Gasteiger partial charge is 0.354 e. The fourth-order valence-electron chi connectivity index (χ4n) is 1.78. The van der Waals surface area contributed by atoms with Crippen molar-refractivity contribution < 1.29 is 9.31 Å². The molecule has 20 heavy (non-hydrogen) atoms. The van der Waals surface area contributed by atoms with Gasteiger partial charge in [0, 0.05) is 18.3 Å². The third-order valence-corrected chi connectivity index (χ3v) is 2.60. The Morgan fingerprint density at radius 2 is 2.20 bits per heavy atom. The summed E-state index contributed by atoms with van der Waals surface area (Å²) in [5.41, 5.74) is -0.168. The molecule has 2 rings (SSSR count). The summed E-state index contributed by atoms with van der Waals surface area (Å²) in [4.78, 5) is 22.2. The zero-order chi connectivity index (χ0) is 14.7. The van der Waals surface area contributed by atoms with Crippen LogP contribution in [0, 0.1) is 22.9 Å². The van der Waals surface area contributed by atoms with Gasteiger partial charge in [0.05, 0.1) is 11.1 Å². The van der Waals surface area contributed by atoms with Crippen LogP contribution < -0.4 is 5.32 Å². The Kier molecular flexibility index (Phi) is 3.83. The van der Waals surface area contributed by atoms with Gasteiger partial charge in [0.15, 0.2) is 11.5 Å². The van der Waals surface area contributed by atoms with Crippen LogP contribution in [-0.4, -0.2) is 26.4 Å². The van der Waals surface area contributed by atoms with Crippen molar-refractivity contribution in [2.45, 2.75) is 13.8 Å². The van der Waals surface area contributed by atoms with Crippen molar-refractivity contribution >= 4 is 11.6 Å². The maximum Gasteiger partial charge on any atom is 0.316 e. The van der Waals surface area contributed by atoms with E-state index in [9.17, 15) is 14.5 Å². The quantitative estimate of drug-likeness (QED) is 0.680. The molecule has 8 heteroatoms. The van der Waals surface area contributed by atoms with Gasteiger partial charge < -0.3 is 5.32 Å². The van der Waals surface area contributed by atoms with E-state index in [0.717, 1.165) is 6.20 Å². The fraction of sp³-hybridized carbons (Fsp3) is 0.250. The van der Waals surface area contributed by atoms with Crippen LogP contribution in [0.15, 0.2) is 18.5 Å². The first kappa shape index (κ1) is 13.8. The molecule has 2 aromatic heterocycles. The van der Waals surface area contributed by atoms with Gasteiger partial charge >= 0.3 is 5.69 Å². The Morgan fingerprint density at radius 3 is 2.80 bits per heavy atom. The lowest BCUT2D eigenvalue weighted by Crippen LogP contribution is -2.08. The van der Waals surface area contributed by atoms with Crippen LogP contribution >= 0.6 is 0 Å². The average Bonchev–Trinajstić information content (AvgIpc) is 2.38. The first-order valence-corrected chi connectivity index (χ1v) is 5.91. The SMILES string of the molecule is CCNc1nc(C)c([N+](=O)[O-])c(-c2ccncc2F)n1. The van der Waals surface area contributed by atoms with Crippen LogP contribution in [0.25, 0.3) is 11.3 Å². The summed E-state index contributed by atoms with van der Waals surface area (Å²) < 4.78 is 13.8. The number of anilines is 1. The Hall–Kier alpha value is -2.64. The minimum Gasteiger partial charge on any atom is -0.354 e. The highest BCUT2D eigenvalue weighted by Crippen LogP contribution is 2.32. The minimum absolute atomic E-state index is 0.0244. The van der Waals surface area contributed by atoms with Gasteiger partial charge in [-0.15, -0.1) is 0 Å². The summed E-state index contributed by atoms with van der Waals surface area (Å²) in [6, 6.07) is 1.35. The second kappa shape index (κ2) is 5.55. The molecule has 0 amide bonds. The summed E-state index contributed by atoms with van der Waals surface area (Å²) >= 11 is 0. The minimum atomic E-state index is -0.670. The highest BCUT2D eigenvalue weighted by atomic mass is 19.1. The van der Waals surface area contributed by atoms with Crippen LogP contribution in [0.5, 0.6) is 0 Å². The van der Waals surface area contributed by atoms with E-state index in [1.165, 1.54) is 19.2 Å². The van der Waals surface area contributed by atoms with Crippen LogP contribution in [0.2, 0.25) is 0 Å². The number of hydrogen-bond donors (Lipinski definition) is 1. The number of halogens is 1. The van der Waals surface area contributed by atoms with E-state index in [1.807, 2.05) is 6.92 Å². The molecule has 0 aliphatic rings. The summed E-state index contributed by atoms with van der Waals surface area (Å²) in [5.74, 6) is -0.446. The van der Waals surface area contributed by atoms with E-state index in [0.29, 0.717) is 6.54 Å². The van der Waals surface area contributed by atoms with E-state index in [1.54, 1.807) is 0 Å². The first-order chi connectivity index (χ1) is 9.54. The normalized spacial score (nSPS) is 10.3. The lowest BCUT2D eigenvalue weighted by atomic mass is 10.1. The van der Waals surface area contributed by atoms with Crippen LogP contribution in [-0.2, 0) is 0 Å². The van der Waals surface area contributed by atoms with Crippen LogP contribution in [0.1, 0.15) is 12.6 Å². The Balaban J connectivity index is 2.71. The molecule has 0 bridgehead atoms. The number of nitro groups is 1. The highest BCUT2D eigenvalue weighted by Gasteiger charge is 2.25. The molecule has 0 saturated carbocycles. The number of aromatic nitrogens is 3. The monoisotopic (exact) mass is 277 g/mol. The lowest BCUT2D eigenvalue weighted by molar-refractivity contribution is -0.385. The molecule has 104 valence electrons. The van der Waals surface area contributed by atoms with E-state index in [4.69, 9.17) is 0 Å². The Morgan fingerprint density at radius 1 is 1.45 bits per heavy atom. The maximum atomic E-state index is 13.8. The molecule has 1 N–H and O–H groups in total. The third kappa shape index (κ3) is 2.53. The molecule has 2 heterocycles. The van der Waals surface area contributed by atoms with Gasteiger partial charge in [-0.2, -0.15) is 0 Å². The lowest BCUT2D eigenvalue weighted by Gasteiger charge is -2.08. The molecule has 0 aliphatic carbocycles. The summed E-state index contributed by atoms with van der Waals surface area (Å²) in [5, 5.41) is 14.0. The van der Waals surface area contributed by atoms with E-state index in [-0.39, 0.29) is 28.6 Å². The molecular formula is C12H12FN5O2. The van der Waals surface area contributed by atoms with Gasteiger partial charge in [0.1, 0.15) is 5.69 Å². The van der Waals surface area contributed by atoms with Crippen LogP contribution in [0.4, 0.5) is 16.0 Å². The standard InChI is InChI=1S/C12H12FN5O2/c1-3-15-12-16-7(2)11(18(19)20)10(17-12)8-4-5-14-6-9(8)13/h4-6H,3H2,1-2H3,(H,15,16,17). The third-order valence-electron chi connectivity index (χ3n) is 2.60. The maximum absolute atomic E-state index is 13.8. The summed E-state index contributed by atoms with van der Waals surface area (Å²) in [6.07, 6.45) is 2.34. The van der Waals surface area contributed by atoms with Gasteiger partial charge in [-0.1, -0.05) is 0 Å². The Labute approximate surface area is 114 Å². The van der Waals surface area contributed by atoms with Gasteiger partial charge in [-0.25, -0.2) is 14.4 Å². The molecule has 0 saturated heterocycles. The van der Waals surface area contributed by atoms with Gasteiger partial charge in [0.2, 0.25) is 5.95 Å². The number of hydrogen-bond acceptors (Lipinski definition) is 6. The first-order valence-electron chi connectivity index (χ1n) is 5.91. The van der Waals surface area contributed by atoms with Crippen LogP contribution in [0.3, 0.4) is 0 Å². The molecule has 0 fully saturated rings. The average molecular weight is 277 g/mol. The van der Waals surface area contributed by atoms with Crippen molar-refractivity contribution in [1.29, 1.82) is 0 Å². The van der Waals surface area contributed by atoms with Crippen molar-refractivity contribution in [2.24, 2.45) is 0 Å². The number of aryl methyl sites for hydroxylation is 1. The van der Waals surface area contributed by atoms with Crippen molar-refractivity contribution in [3.63, 3.8) is 0 Å². The second-order valence-electron chi connectivity index (χ2n) is 3.97. The molecule has 7 nitrogen and oxygen atoms in total. The summed E-state index contributed by atoms with van der Waals surface area (Å²) in [7, 11) is 0. The summed E-state index contributed by atoms with van der Waals surface area (Å²) in [6.45, 7) is 3.88. The molecule has 0 radical (unpaired) electrons. The smallest absolute Gasteiger partial charge is 0.316 e. The van der Waals surface area contributed by atoms with Crippen molar-refractivity contribution in [3.05, 3.63) is 40.1 Å². The second-order valence-corrected chi connectivity index (χ2v) is 3.97. The Bertz CT molecular complexity index is 662. The molecule has 0 unspecified atom stereocenters. The fourth-order valence-corrected chi connectivity index (χ4v) is 1.78. The molecule has 0 aliphatic heterocycles. The topological polar surface area (TPSA) is 93.8 Å². The zero-order valence-electron chi connectivity index (χ0n) is 10.9. The zero-order valence-corrected chi connectivity index (χ0v) is 10.9. The number of rotatable bonds is 4. The van der Waals surface area contributed by atoms with Gasteiger partial charge in [-0.05, 0) is 19.9 Å².